The molecular formula is C25H23N3O4. The molecule has 4 aromatic rings. The zero-order valence-corrected chi connectivity index (χ0v) is 17.7. The number of hydrogen-bond acceptors (Lipinski definition) is 5. The molecule has 1 fully saturated rings. The average Bonchev–Trinajstić information content (AvgIpc) is 3.33. The number of carbonyl (C=O) groups excluding carboxylic acids is 1. The first-order valence-electron chi connectivity index (χ1n) is 10.6. The molecule has 2 aromatic heterocycles. The lowest BCUT2D eigenvalue weighted by Gasteiger charge is -2.32. The Labute approximate surface area is 184 Å². The fourth-order valence-electron chi connectivity index (χ4n) is 4.41. The number of aromatic amines is 1. The highest BCUT2D eigenvalue weighted by Gasteiger charge is 2.29. The molecule has 32 heavy (non-hydrogen) atoms. The van der Waals surface area contributed by atoms with Gasteiger partial charge in [0, 0.05) is 35.7 Å². The molecule has 2 aromatic carbocycles. The van der Waals surface area contributed by atoms with Gasteiger partial charge in [-0.3, -0.25) is 9.89 Å². The van der Waals surface area contributed by atoms with Gasteiger partial charge in [0.15, 0.2) is 0 Å². The molecule has 0 saturated carbocycles. The zero-order valence-electron chi connectivity index (χ0n) is 17.7. The predicted molar refractivity (Wildman–Crippen MR) is 121 cm³/mol. The van der Waals surface area contributed by atoms with E-state index in [1.165, 1.54) is 0 Å². The smallest absolute Gasteiger partial charge is 0.349 e. The minimum absolute atomic E-state index is 0.0713. The fourth-order valence-corrected chi connectivity index (χ4v) is 4.41. The number of fused-ring (bicyclic) bond motifs is 1. The van der Waals surface area contributed by atoms with Gasteiger partial charge < -0.3 is 14.1 Å². The maximum atomic E-state index is 13.2. The lowest BCUT2D eigenvalue weighted by atomic mass is 9.90. The Balaban J connectivity index is 1.42. The van der Waals surface area contributed by atoms with Crippen molar-refractivity contribution in [1.82, 2.24) is 15.1 Å². The summed E-state index contributed by atoms with van der Waals surface area (Å²) in [4.78, 5) is 27.5. The lowest BCUT2D eigenvalue weighted by molar-refractivity contribution is 0.0702. The number of rotatable bonds is 4. The summed E-state index contributed by atoms with van der Waals surface area (Å²) >= 11 is 0. The Morgan fingerprint density at radius 2 is 2.06 bits per heavy atom. The molecule has 3 heterocycles. The Morgan fingerprint density at radius 1 is 1.19 bits per heavy atom. The van der Waals surface area contributed by atoms with Crippen LogP contribution in [0.15, 0.2) is 70.0 Å². The molecule has 0 radical (unpaired) electrons. The molecule has 162 valence electrons. The number of H-pyrrole nitrogens is 1. The Kier molecular flexibility index (Phi) is 5.23. The molecule has 7 heteroatoms. The standard InChI is InChI=1S/C25H23N3O4/c1-31-19-9-4-7-16(12-19)21-14-26-27-23(21)18-8-5-11-28(15-18)24(29)20-13-17-6-2-3-10-22(17)32-25(20)30/h2-4,6-7,9-10,12-14,18H,5,8,11,15H2,1H3,(H,26,27)/t18-/m1/s1. The van der Waals surface area contributed by atoms with E-state index in [1.807, 2.05) is 42.6 Å². The second kappa shape index (κ2) is 8.34. The van der Waals surface area contributed by atoms with E-state index in [9.17, 15) is 9.59 Å². The maximum Gasteiger partial charge on any atom is 0.349 e. The van der Waals surface area contributed by atoms with E-state index in [0.717, 1.165) is 40.8 Å². The van der Waals surface area contributed by atoms with Crippen LogP contribution in [0.25, 0.3) is 22.1 Å². The van der Waals surface area contributed by atoms with Gasteiger partial charge in [0.1, 0.15) is 16.9 Å². The average molecular weight is 429 g/mol. The number of carbonyl (C=O) groups is 1. The quantitative estimate of drug-likeness (QED) is 0.491. The van der Waals surface area contributed by atoms with Crippen LogP contribution in [0.5, 0.6) is 5.75 Å². The largest absolute Gasteiger partial charge is 0.497 e. The fraction of sp³-hybridized carbons (Fsp3) is 0.240. The van der Waals surface area contributed by atoms with Crippen molar-refractivity contribution in [3.05, 3.63) is 82.5 Å². The van der Waals surface area contributed by atoms with Crippen molar-refractivity contribution >= 4 is 16.9 Å². The number of aromatic nitrogens is 2. The van der Waals surface area contributed by atoms with Gasteiger partial charge in [0.2, 0.25) is 0 Å². The third-order valence-electron chi connectivity index (χ3n) is 6.04. The highest BCUT2D eigenvalue weighted by Crippen LogP contribution is 2.34. The molecule has 5 rings (SSSR count). The minimum Gasteiger partial charge on any atom is -0.497 e. The van der Waals surface area contributed by atoms with Crippen molar-refractivity contribution in [3.63, 3.8) is 0 Å². The summed E-state index contributed by atoms with van der Waals surface area (Å²) in [6, 6.07) is 16.7. The van der Waals surface area contributed by atoms with Crippen molar-refractivity contribution in [2.75, 3.05) is 20.2 Å². The van der Waals surface area contributed by atoms with E-state index in [4.69, 9.17) is 9.15 Å². The second-order valence-corrected chi connectivity index (χ2v) is 8.00. The van der Waals surface area contributed by atoms with Gasteiger partial charge in [0.25, 0.3) is 5.91 Å². The molecule has 1 amide bonds. The monoisotopic (exact) mass is 429 g/mol. The number of nitrogens with zero attached hydrogens (tertiary/aromatic N) is 2. The van der Waals surface area contributed by atoms with Gasteiger partial charge in [0.05, 0.1) is 13.3 Å². The van der Waals surface area contributed by atoms with Gasteiger partial charge in [-0.1, -0.05) is 30.3 Å². The molecule has 0 unspecified atom stereocenters. The first-order chi connectivity index (χ1) is 15.6. The van der Waals surface area contributed by atoms with Crippen LogP contribution in [0.3, 0.4) is 0 Å². The van der Waals surface area contributed by atoms with Gasteiger partial charge in [-0.05, 0) is 42.7 Å². The van der Waals surface area contributed by atoms with E-state index in [-0.39, 0.29) is 17.4 Å². The number of benzene rings is 2. The Morgan fingerprint density at radius 3 is 2.94 bits per heavy atom. The number of ether oxygens (including phenoxy) is 1. The molecule has 0 bridgehead atoms. The van der Waals surface area contributed by atoms with Gasteiger partial charge in [-0.15, -0.1) is 0 Å². The summed E-state index contributed by atoms with van der Waals surface area (Å²) < 4.78 is 10.7. The van der Waals surface area contributed by atoms with E-state index < -0.39 is 5.63 Å². The predicted octanol–water partition coefficient (Wildman–Crippen LogP) is 4.21. The molecular weight excluding hydrogens is 406 g/mol. The number of amides is 1. The van der Waals surface area contributed by atoms with Gasteiger partial charge >= 0.3 is 5.63 Å². The molecule has 1 aliphatic heterocycles. The van der Waals surface area contributed by atoms with Crippen molar-refractivity contribution in [1.29, 1.82) is 0 Å². The molecule has 0 aliphatic carbocycles. The highest BCUT2D eigenvalue weighted by atomic mass is 16.5. The van der Waals surface area contributed by atoms with Crippen LogP contribution >= 0.6 is 0 Å². The Hall–Kier alpha value is -3.87. The molecule has 7 nitrogen and oxygen atoms in total. The first-order valence-corrected chi connectivity index (χ1v) is 10.6. The number of para-hydroxylation sites is 1. The van der Waals surface area contributed by atoms with Crippen LogP contribution in [0.2, 0.25) is 0 Å². The number of methoxy groups -OCH3 is 1. The molecule has 1 atom stereocenters. The second-order valence-electron chi connectivity index (χ2n) is 8.00. The van der Waals surface area contributed by atoms with E-state index in [0.29, 0.717) is 18.7 Å². The lowest BCUT2D eigenvalue weighted by Crippen LogP contribution is -2.41. The van der Waals surface area contributed by atoms with Crippen LogP contribution in [-0.4, -0.2) is 41.2 Å². The van der Waals surface area contributed by atoms with Crippen molar-refractivity contribution < 1.29 is 13.9 Å². The highest BCUT2D eigenvalue weighted by molar-refractivity contribution is 5.96. The number of piperidine rings is 1. The van der Waals surface area contributed by atoms with E-state index in [2.05, 4.69) is 10.2 Å². The zero-order chi connectivity index (χ0) is 22.1. The summed E-state index contributed by atoms with van der Waals surface area (Å²) in [6.07, 6.45) is 3.57. The van der Waals surface area contributed by atoms with E-state index >= 15 is 0 Å². The van der Waals surface area contributed by atoms with Crippen molar-refractivity contribution in [3.8, 4) is 16.9 Å². The van der Waals surface area contributed by atoms with E-state index in [1.54, 1.807) is 30.2 Å². The van der Waals surface area contributed by atoms with Crippen LogP contribution in [0.1, 0.15) is 34.8 Å². The van der Waals surface area contributed by atoms with Crippen LogP contribution in [0, 0.1) is 0 Å². The summed E-state index contributed by atoms with van der Waals surface area (Å²) in [5.74, 6) is 0.568. The first kappa shape index (κ1) is 20.1. The third kappa shape index (κ3) is 3.66. The third-order valence-corrected chi connectivity index (χ3v) is 6.04. The molecule has 1 N–H and O–H groups in total. The maximum absolute atomic E-state index is 13.2. The number of hydrogen-bond donors (Lipinski definition) is 1. The van der Waals surface area contributed by atoms with Crippen LogP contribution in [0.4, 0.5) is 0 Å². The van der Waals surface area contributed by atoms with Crippen molar-refractivity contribution in [2.45, 2.75) is 18.8 Å². The van der Waals surface area contributed by atoms with Crippen molar-refractivity contribution in [2.24, 2.45) is 0 Å². The summed E-state index contributed by atoms with van der Waals surface area (Å²) in [6.45, 7) is 1.11. The minimum atomic E-state index is -0.602. The number of likely N-dealkylation sites (tertiary alicyclic amines) is 1. The van der Waals surface area contributed by atoms with Crippen LogP contribution in [-0.2, 0) is 0 Å². The molecule has 1 saturated heterocycles. The molecule has 0 spiro atoms. The van der Waals surface area contributed by atoms with Gasteiger partial charge in [-0.2, -0.15) is 5.10 Å². The number of nitrogens with one attached hydrogen (secondary N) is 1. The Bertz CT molecular complexity index is 1340. The summed E-state index contributed by atoms with van der Waals surface area (Å²) in [5.41, 5.74) is 2.93. The molecule has 1 aliphatic rings. The normalized spacial score (nSPS) is 16.3. The van der Waals surface area contributed by atoms with Gasteiger partial charge in [-0.25, -0.2) is 4.79 Å². The van der Waals surface area contributed by atoms with Crippen LogP contribution < -0.4 is 10.4 Å². The summed E-state index contributed by atoms with van der Waals surface area (Å²) in [7, 11) is 1.64. The SMILES string of the molecule is COc1cccc(-c2cn[nH]c2[C@@H]2CCCN(C(=O)c3cc4ccccc4oc3=O)C2)c1. The summed E-state index contributed by atoms with van der Waals surface area (Å²) in [5, 5.41) is 8.14. The topological polar surface area (TPSA) is 88.4 Å².